The predicted molar refractivity (Wildman–Crippen MR) is 73.4 cm³/mol. The van der Waals surface area contributed by atoms with Crippen LogP contribution < -0.4 is 0 Å². The summed E-state index contributed by atoms with van der Waals surface area (Å²) in [6, 6.07) is 7.01. The van der Waals surface area contributed by atoms with Crippen LogP contribution in [0.5, 0.6) is 0 Å². The Morgan fingerprint density at radius 2 is 2.16 bits per heavy atom. The van der Waals surface area contributed by atoms with Gasteiger partial charge in [-0.1, -0.05) is 17.7 Å². The number of likely N-dealkylation sites (tertiary alicyclic amines) is 1. The third-order valence-corrected chi connectivity index (χ3v) is 3.48. The molecule has 2 rings (SSSR count). The Hall–Kier alpha value is -1.10. The van der Waals surface area contributed by atoms with Crippen molar-refractivity contribution in [2.24, 2.45) is 0 Å². The summed E-state index contributed by atoms with van der Waals surface area (Å²) in [4.78, 5) is 14.1. The van der Waals surface area contributed by atoms with Crippen molar-refractivity contribution in [1.82, 2.24) is 4.90 Å². The van der Waals surface area contributed by atoms with Crippen molar-refractivity contribution in [3.63, 3.8) is 0 Å². The van der Waals surface area contributed by atoms with Gasteiger partial charge in [0.25, 0.3) is 5.91 Å². The minimum atomic E-state index is 0.0168. The molecule has 1 fully saturated rings. The summed E-state index contributed by atoms with van der Waals surface area (Å²) in [6.07, 6.45) is 1.77. The number of hydrogen-bond acceptors (Lipinski definition) is 3. The predicted octanol–water partition coefficient (Wildman–Crippen LogP) is 1.95. The van der Waals surface area contributed by atoms with Gasteiger partial charge in [-0.3, -0.25) is 4.79 Å². The summed E-state index contributed by atoms with van der Waals surface area (Å²) in [7, 11) is 0. The number of piperidine rings is 1. The second-order valence-electron chi connectivity index (χ2n) is 4.60. The van der Waals surface area contributed by atoms with Crippen LogP contribution in [0.15, 0.2) is 24.3 Å². The van der Waals surface area contributed by atoms with Crippen LogP contribution in [0.1, 0.15) is 23.2 Å². The molecule has 1 amide bonds. The van der Waals surface area contributed by atoms with Gasteiger partial charge in [0.15, 0.2) is 0 Å². The van der Waals surface area contributed by atoms with Crippen LogP contribution in [0.25, 0.3) is 0 Å². The Labute approximate surface area is 117 Å². The Morgan fingerprint density at radius 1 is 1.42 bits per heavy atom. The largest absolute Gasteiger partial charge is 0.394 e. The smallest absolute Gasteiger partial charge is 0.253 e. The Balaban J connectivity index is 1.89. The molecule has 1 N–H and O–H groups in total. The van der Waals surface area contributed by atoms with Gasteiger partial charge in [0.2, 0.25) is 0 Å². The van der Waals surface area contributed by atoms with Crippen molar-refractivity contribution in [2.45, 2.75) is 18.9 Å². The number of rotatable bonds is 4. The molecule has 4 nitrogen and oxygen atoms in total. The Bertz CT molecular complexity index is 430. The molecule has 1 heterocycles. The lowest BCUT2D eigenvalue weighted by molar-refractivity contribution is -0.00554. The topological polar surface area (TPSA) is 49.8 Å². The molecule has 104 valence electrons. The van der Waals surface area contributed by atoms with E-state index in [-0.39, 0.29) is 18.6 Å². The normalized spacial score (nSPS) is 16.6. The van der Waals surface area contributed by atoms with Crippen molar-refractivity contribution in [2.75, 3.05) is 26.3 Å². The Kier molecular flexibility index (Phi) is 5.19. The molecule has 19 heavy (non-hydrogen) atoms. The number of nitrogens with zero attached hydrogens (tertiary/aromatic N) is 1. The first kappa shape index (κ1) is 14.3. The van der Waals surface area contributed by atoms with Gasteiger partial charge in [0.05, 0.1) is 19.3 Å². The third kappa shape index (κ3) is 3.93. The van der Waals surface area contributed by atoms with E-state index in [1.54, 1.807) is 24.3 Å². The zero-order valence-electron chi connectivity index (χ0n) is 10.7. The Morgan fingerprint density at radius 3 is 2.79 bits per heavy atom. The van der Waals surface area contributed by atoms with Crippen molar-refractivity contribution >= 4 is 17.5 Å². The van der Waals surface area contributed by atoms with Crippen LogP contribution in [0.4, 0.5) is 0 Å². The highest BCUT2D eigenvalue weighted by atomic mass is 35.5. The second-order valence-corrected chi connectivity index (χ2v) is 5.03. The standard InChI is InChI=1S/C14H18ClNO3/c15-12-3-1-2-11(10-12)14(18)16-6-4-13(5-7-16)19-9-8-17/h1-3,10,13,17H,4-9H2. The number of carbonyl (C=O) groups excluding carboxylic acids is 1. The molecular weight excluding hydrogens is 266 g/mol. The average Bonchev–Trinajstić information content (AvgIpc) is 2.45. The SMILES string of the molecule is O=C(c1cccc(Cl)c1)N1CCC(OCCO)CC1. The van der Waals surface area contributed by atoms with E-state index in [1.807, 2.05) is 4.90 Å². The molecule has 1 aliphatic rings. The zero-order chi connectivity index (χ0) is 13.7. The van der Waals surface area contributed by atoms with Gasteiger partial charge >= 0.3 is 0 Å². The van der Waals surface area contributed by atoms with Gasteiger partial charge in [-0.05, 0) is 31.0 Å². The lowest BCUT2D eigenvalue weighted by Crippen LogP contribution is -2.41. The van der Waals surface area contributed by atoms with Crippen LogP contribution in [0.3, 0.4) is 0 Å². The number of carbonyl (C=O) groups is 1. The third-order valence-electron chi connectivity index (χ3n) is 3.25. The highest BCUT2D eigenvalue weighted by Crippen LogP contribution is 2.18. The minimum Gasteiger partial charge on any atom is -0.394 e. The fourth-order valence-electron chi connectivity index (χ4n) is 2.25. The number of amides is 1. The molecule has 1 aliphatic heterocycles. The van der Waals surface area contributed by atoms with Crippen LogP contribution >= 0.6 is 11.6 Å². The first-order valence-corrected chi connectivity index (χ1v) is 6.86. The van der Waals surface area contributed by atoms with E-state index in [2.05, 4.69) is 0 Å². The van der Waals surface area contributed by atoms with Crippen LogP contribution in [-0.2, 0) is 4.74 Å². The van der Waals surface area contributed by atoms with E-state index in [1.165, 1.54) is 0 Å². The first-order chi connectivity index (χ1) is 9.20. The zero-order valence-corrected chi connectivity index (χ0v) is 11.5. The van der Waals surface area contributed by atoms with E-state index in [9.17, 15) is 4.79 Å². The molecule has 1 aromatic rings. The van der Waals surface area contributed by atoms with Gasteiger partial charge in [-0.15, -0.1) is 0 Å². The highest BCUT2D eigenvalue weighted by Gasteiger charge is 2.23. The average molecular weight is 284 g/mol. The lowest BCUT2D eigenvalue weighted by Gasteiger charge is -2.32. The van der Waals surface area contributed by atoms with Gasteiger partial charge < -0.3 is 14.7 Å². The lowest BCUT2D eigenvalue weighted by atomic mass is 10.1. The van der Waals surface area contributed by atoms with Crippen molar-refractivity contribution in [3.8, 4) is 0 Å². The van der Waals surface area contributed by atoms with Crippen molar-refractivity contribution in [1.29, 1.82) is 0 Å². The quantitative estimate of drug-likeness (QED) is 0.919. The monoisotopic (exact) mass is 283 g/mol. The fourth-order valence-corrected chi connectivity index (χ4v) is 2.44. The molecule has 1 saturated heterocycles. The van der Waals surface area contributed by atoms with E-state index < -0.39 is 0 Å². The van der Waals surface area contributed by atoms with Gasteiger partial charge in [0, 0.05) is 23.7 Å². The maximum atomic E-state index is 12.3. The summed E-state index contributed by atoms with van der Waals surface area (Å²) in [6.45, 7) is 1.78. The maximum absolute atomic E-state index is 12.3. The second kappa shape index (κ2) is 6.89. The molecule has 0 aliphatic carbocycles. The van der Waals surface area contributed by atoms with Gasteiger partial charge in [-0.25, -0.2) is 0 Å². The number of aliphatic hydroxyl groups excluding tert-OH is 1. The molecule has 0 unspecified atom stereocenters. The number of halogens is 1. The maximum Gasteiger partial charge on any atom is 0.253 e. The molecule has 0 radical (unpaired) electrons. The van der Waals surface area contributed by atoms with Crippen LogP contribution in [0.2, 0.25) is 5.02 Å². The molecule has 1 aromatic carbocycles. The number of hydrogen-bond donors (Lipinski definition) is 1. The van der Waals surface area contributed by atoms with E-state index in [0.29, 0.717) is 30.3 Å². The number of aliphatic hydroxyl groups is 1. The minimum absolute atomic E-state index is 0.0168. The molecular formula is C14H18ClNO3. The summed E-state index contributed by atoms with van der Waals surface area (Å²) in [5.74, 6) is 0.0168. The van der Waals surface area contributed by atoms with Crippen molar-refractivity contribution in [3.05, 3.63) is 34.9 Å². The van der Waals surface area contributed by atoms with E-state index >= 15 is 0 Å². The summed E-state index contributed by atoms with van der Waals surface area (Å²) in [5, 5.41) is 9.29. The van der Waals surface area contributed by atoms with Crippen molar-refractivity contribution < 1.29 is 14.6 Å². The summed E-state index contributed by atoms with van der Waals surface area (Å²) >= 11 is 5.89. The van der Waals surface area contributed by atoms with Crippen LogP contribution in [-0.4, -0.2) is 48.3 Å². The van der Waals surface area contributed by atoms with E-state index in [0.717, 1.165) is 12.8 Å². The molecule has 5 heteroatoms. The molecule has 0 atom stereocenters. The van der Waals surface area contributed by atoms with Gasteiger partial charge in [-0.2, -0.15) is 0 Å². The van der Waals surface area contributed by atoms with E-state index in [4.69, 9.17) is 21.4 Å². The first-order valence-electron chi connectivity index (χ1n) is 6.48. The molecule has 0 bridgehead atoms. The summed E-state index contributed by atoms with van der Waals surface area (Å²) < 4.78 is 5.48. The highest BCUT2D eigenvalue weighted by molar-refractivity contribution is 6.30. The van der Waals surface area contributed by atoms with Crippen LogP contribution in [0, 0.1) is 0 Å². The summed E-state index contributed by atoms with van der Waals surface area (Å²) in [5.41, 5.74) is 0.627. The molecule has 0 spiro atoms. The number of ether oxygens (including phenoxy) is 1. The van der Waals surface area contributed by atoms with Gasteiger partial charge in [0.1, 0.15) is 0 Å². The number of benzene rings is 1. The fraction of sp³-hybridized carbons (Fsp3) is 0.500. The molecule has 0 saturated carbocycles. The molecule has 0 aromatic heterocycles.